The lowest BCUT2D eigenvalue weighted by atomic mass is 10.4. The molecule has 0 bridgehead atoms. The first kappa shape index (κ1) is 7.72. The number of nitrogens with one attached hydrogen (secondary N) is 1. The molecule has 0 aromatic carbocycles. The van der Waals surface area contributed by atoms with Crippen molar-refractivity contribution in [3.63, 3.8) is 0 Å². The molecule has 0 saturated carbocycles. The first-order valence-electron chi connectivity index (χ1n) is 3.38. The Morgan fingerprint density at radius 2 is 2.55 bits per heavy atom. The molecular formula is C8H10N2O. The third-order valence-corrected chi connectivity index (χ3v) is 1.39. The molecule has 1 N–H and O–H groups in total. The summed E-state index contributed by atoms with van der Waals surface area (Å²) in [5.41, 5.74) is 1.17. The van der Waals surface area contributed by atoms with Crippen molar-refractivity contribution in [2.45, 2.75) is 13.5 Å². The van der Waals surface area contributed by atoms with Crippen molar-refractivity contribution in [1.29, 1.82) is 5.41 Å². The molecule has 0 fully saturated rings. The van der Waals surface area contributed by atoms with E-state index in [0.717, 1.165) is 6.29 Å². The lowest BCUT2D eigenvalue weighted by Gasteiger charge is -2.01. The molecule has 58 valence electrons. The maximum atomic E-state index is 10.4. The molecule has 0 unspecified atom stereocenters. The fourth-order valence-corrected chi connectivity index (χ4v) is 0.934. The number of rotatable bonds is 3. The van der Waals surface area contributed by atoms with Crippen LogP contribution in [0.1, 0.15) is 17.4 Å². The summed E-state index contributed by atoms with van der Waals surface area (Å²) in [6.45, 7) is 2.22. The Morgan fingerprint density at radius 1 is 1.82 bits per heavy atom. The summed E-state index contributed by atoms with van der Waals surface area (Å²) in [6, 6.07) is 3.53. The molecule has 0 aliphatic rings. The first-order valence-corrected chi connectivity index (χ1v) is 3.38. The van der Waals surface area contributed by atoms with Gasteiger partial charge in [0, 0.05) is 11.9 Å². The van der Waals surface area contributed by atoms with E-state index in [1.54, 1.807) is 29.8 Å². The van der Waals surface area contributed by atoms with Crippen LogP contribution < -0.4 is 0 Å². The average molecular weight is 150 g/mol. The molecule has 1 aromatic heterocycles. The zero-order valence-electron chi connectivity index (χ0n) is 6.37. The van der Waals surface area contributed by atoms with Crippen molar-refractivity contribution in [2.24, 2.45) is 0 Å². The van der Waals surface area contributed by atoms with Gasteiger partial charge < -0.3 is 9.98 Å². The lowest BCUT2D eigenvalue weighted by molar-refractivity contribution is 0.111. The fourth-order valence-electron chi connectivity index (χ4n) is 0.934. The van der Waals surface area contributed by atoms with Gasteiger partial charge in [0.05, 0.1) is 12.2 Å². The van der Waals surface area contributed by atoms with Gasteiger partial charge in [-0.05, 0) is 19.1 Å². The van der Waals surface area contributed by atoms with Crippen LogP contribution in [-0.4, -0.2) is 16.6 Å². The van der Waals surface area contributed by atoms with E-state index in [-0.39, 0.29) is 0 Å². The average Bonchev–Trinajstić information content (AvgIpc) is 2.34. The smallest absolute Gasteiger partial charge is 0.166 e. The molecule has 0 radical (unpaired) electrons. The first-order chi connectivity index (χ1) is 5.24. The van der Waals surface area contributed by atoms with Gasteiger partial charge in [-0.15, -0.1) is 0 Å². The van der Waals surface area contributed by atoms with E-state index >= 15 is 0 Å². The second kappa shape index (κ2) is 3.14. The monoisotopic (exact) mass is 150 g/mol. The minimum absolute atomic E-state index is 0.501. The van der Waals surface area contributed by atoms with Crippen LogP contribution in [0.15, 0.2) is 18.3 Å². The van der Waals surface area contributed by atoms with E-state index in [1.165, 1.54) is 0 Å². The van der Waals surface area contributed by atoms with Crippen molar-refractivity contribution in [2.75, 3.05) is 0 Å². The van der Waals surface area contributed by atoms with Crippen LogP contribution in [0.25, 0.3) is 0 Å². The molecule has 3 heteroatoms. The van der Waals surface area contributed by atoms with Gasteiger partial charge >= 0.3 is 0 Å². The number of carbonyl (C=O) groups is 1. The van der Waals surface area contributed by atoms with Crippen molar-refractivity contribution < 1.29 is 4.79 Å². The second-order valence-corrected chi connectivity index (χ2v) is 2.46. The molecular weight excluding hydrogens is 140 g/mol. The quantitative estimate of drug-likeness (QED) is 0.513. The van der Waals surface area contributed by atoms with Crippen LogP contribution in [0.4, 0.5) is 0 Å². The minimum Gasteiger partial charge on any atom is -0.340 e. The molecule has 1 aromatic rings. The summed E-state index contributed by atoms with van der Waals surface area (Å²) < 4.78 is 1.75. The number of hydrogen-bond donors (Lipinski definition) is 1. The molecule has 1 rings (SSSR count). The molecule has 1 heterocycles. The number of aldehydes is 1. The molecule has 0 saturated heterocycles. The Bertz CT molecular complexity index is 275. The van der Waals surface area contributed by atoms with Gasteiger partial charge in [-0.2, -0.15) is 0 Å². The van der Waals surface area contributed by atoms with E-state index in [2.05, 4.69) is 0 Å². The van der Waals surface area contributed by atoms with Crippen molar-refractivity contribution in [3.05, 3.63) is 24.0 Å². The topological polar surface area (TPSA) is 45.9 Å². The molecule has 0 aliphatic carbocycles. The second-order valence-electron chi connectivity index (χ2n) is 2.46. The third-order valence-electron chi connectivity index (χ3n) is 1.39. The van der Waals surface area contributed by atoms with Gasteiger partial charge in [0.25, 0.3) is 0 Å². The Balaban J connectivity index is 2.84. The van der Waals surface area contributed by atoms with Crippen molar-refractivity contribution in [1.82, 2.24) is 4.57 Å². The van der Waals surface area contributed by atoms with Crippen molar-refractivity contribution in [3.8, 4) is 0 Å². The Morgan fingerprint density at radius 3 is 3.09 bits per heavy atom. The Labute approximate surface area is 65.2 Å². The van der Waals surface area contributed by atoms with Crippen LogP contribution in [0.3, 0.4) is 0 Å². The minimum atomic E-state index is 0.501. The highest BCUT2D eigenvalue weighted by molar-refractivity contribution is 5.80. The van der Waals surface area contributed by atoms with Crippen LogP contribution in [0.5, 0.6) is 0 Å². The lowest BCUT2D eigenvalue weighted by Crippen LogP contribution is -2.06. The van der Waals surface area contributed by atoms with Crippen LogP contribution >= 0.6 is 0 Å². The van der Waals surface area contributed by atoms with E-state index in [0.29, 0.717) is 18.0 Å². The predicted octanol–water partition coefficient (Wildman–Crippen LogP) is 1.34. The summed E-state index contributed by atoms with van der Waals surface area (Å²) in [5, 5.41) is 7.21. The highest BCUT2D eigenvalue weighted by Gasteiger charge is 1.97. The van der Waals surface area contributed by atoms with Crippen molar-refractivity contribution >= 4 is 12.0 Å². The number of nitrogens with zero attached hydrogens (tertiary/aromatic N) is 1. The van der Waals surface area contributed by atoms with E-state index in [1.807, 2.05) is 0 Å². The number of aromatic nitrogens is 1. The highest BCUT2D eigenvalue weighted by atomic mass is 16.1. The van der Waals surface area contributed by atoms with Gasteiger partial charge in [0.15, 0.2) is 6.29 Å². The summed E-state index contributed by atoms with van der Waals surface area (Å²) in [4.78, 5) is 10.4. The van der Waals surface area contributed by atoms with E-state index < -0.39 is 0 Å². The molecule has 0 amide bonds. The zero-order valence-corrected chi connectivity index (χ0v) is 6.37. The third kappa shape index (κ3) is 1.77. The SMILES string of the molecule is CC(=N)Cn1cccc1C=O. The summed E-state index contributed by atoms with van der Waals surface area (Å²) >= 11 is 0. The Kier molecular flexibility index (Phi) is 2.21. The summed E-state index contributed by atoms with van der Waals surface area (Å²) in [7, 11) is 0. The number of hydrogen-bond acceptors (Lipinski definition) is 2. The van der Waals surface area contributed by atoms with E-state index in [9.17, 15) is 4.79 Å². The maximum Gasteiger partial charge on any atom is 0.166 e. The molecule has 0 aliphatic heterocycles. The van der Waals surface area contributed by atoms with Gasteiger partial charge in [-0.1, -0.05) is 0 Å². The normalized spacial score (nSPS) is 9.55. The molecule has 11 heavy (non-hydrogen) atoms. The van der Waals surface area contributed by atoms with Gasteiger partial charge in [-0.3, -0.25) is 4.79 Å². The van der Waals surface area contributed by atoms with Crippen LogP contribution in [0.2, 0.25) is 0 Å². The standard InChI is InChI=1S/C8H10N2O/c1-7(9)5-10-4-2-3-8(10)6-11/h2-4,6,9H,5H2,1H3. The van der Waals surface area contributed by atoms with Crippen LogP contribution in [-0.2, 0) is 6.54 Å². The maximum absolute atomic E-state index is 10.4. The molecule has 0 atom stereocenters. The Hall–Kier alpha value is -1.38. The largest absolute Gasteiger partial charge is 0.340 e. The fraction of sp³-hybridized carbons (Fsp3) is 0.250. The van der Waals surface area contributed by atoms with Gasteiger partial charge in [0.1, 0.15) is 0 Å². The molecule has 0 spiro atoms. The van der Waals surface area contributed by atoms with Gasteiger partial charge in [-0.25, -0.2) is 0 Å². The van der Waals surface area contributed by atoms with Gasteiger partial charge in [0.2, 0.25) is 0 Å². The zero-order chi connectivity index (χ0) is 8.27. The summed E-state index contributed by atoms with van der Waals surface area (Å²) in [5.74, 6) is 0. The molecule has 3 nitrogen and oxygen atoms in total. The highest BCUT2D eigenvalue weighted by Crippen LogP contribution is 1.98. The van der Waals surface area contributed by atoms with E-state index in [4.69, 9.17) is 5.41 Å². The number of carbonyl (C=O) groups excluding carboxylic acids is 1. The summed E-state index contributed by atoms with van der Waals surface area (Å²) in [6.07, 6.45) is 2.59. The predicted molar refractivity (Wildman–Crippen MR) is 43.2 cm³/mol. The van der Waals surface area contributed by atoms with Crippen LogP contribution in [0, 0.1) is 5.41 Å².